The van der Waals surface area contributed by atoms with Crippen LogP contribution in [0.3, 0.4) is 0 Å². The first-order valence-corrected chi connectivity index (χ1v) is 9.06. The Morgan fingerprint density at radius 1 is 1.19 bits per heavy atom. The number of benzene rings is 1. The molecular formula is C15H24N2O3S. The first-order valence-electron chi connectivity index (χ1n) is 7.58. The maximum Gasteiger partial charge on any atom is 0.240 e. The van der Waals surface area contributed by atoms with Crippen molar-refractivity contribution in [2.75, 3.05) is 19.7 Å². The first kappa shape index (κ1) is 16.3. The van der Waals surface area contributed by atoms with E-state index < -0.39 is 10.0 Å². The average molecular weight is 312 g/mol. The largest absolute Gasteiger partial charge is 0.492 e. The van der Waals surface area contributed by atoms with Crippen LogP contribution in [0.2, 0.25) is 0 Å². The second kappa shape index (κ2) is 7.77. The molecule has 118 valence electrons. The molecule has 1 aliphatic rings. The normalized spacial score (nSPS) is 15.7. The summed E-state index contributed by atoms with van der Waals surface area (Å²) in [6, 6.07) is 6.70. The van der Waals surface area contributed by atoms with Crippen LogP contribution in [-0.4, -0.2) is 34.2 Å². The number of hydrogen-bond acceptors (Lipinski definition) is 4. The van der Waals surface area contributed by atoms with Crippen LogP contribution in [0, 0.1) is 0 Å². The molecule has 0 atom stereocenters. The van der Waals surface area contributed by atoms with Crippen LogP contribution >= 0.6 is 0 Å². The van der Waals surface area contributed by atoms with Gasteiger partial charge in [-0.2, -0.15) is 0 Å². The van der Waals surface area contributed by atoms with Crippen LogP contribution < -0.4 is 14.8 Å². The second-order valence-corrected chi connectivity index (χ2v) is 7.03. The number of rotatable bonds is 9. The zero-order valence-electron chi connectivity index (χ0n) is 12.5. The van der Waals surface area contributed by atoms with Gasteiger partial charge >= 0.3 is 0 Å². The van der Waals surface area contributed by atoms with E-state index >= 15 is 0 Å². The number of sulfonamides is 1. The summed E-state index contributed by atoms with van der Waals surface area (Å²) in [4.78, 5) is 0.297. The fraction of sp³-hybridized carbons (Fsp3) is 0.600. The van der Waals surface area contributed by atoms with Crippen molar-refractivity contribution in [2.45, 2.75) is 43.5 Å². The molecule has 0 aromatic heterocycles. The molecule has 0 bridgehead atoms. The van der Waals surface area contributed by atoms with Crippen LogP contribution in [0.15, 0.2) is 29.2 Å². The van der Waals surface area contributed by atoms with Crippen molar-refractivity contribution in [2.24, 2.45) is 0 Å². The van der Waals surface area contributed by atoms with E-state index in [0.29, 0.717) is 17.3 Å². The Kier molecular flexibility index (Phi) is 6.02. The summed E-state index contributed by atoms with van der Waals surface area (Å²) in [7, 11) is -3.39. The van der Waals surface area contributed by atoms with Crippen molar-refractivity contribution in [1.82, 2.24) is 10.0 Å². The second-order valence-electron chi connectivity index (χ2n) is 5.32. The summed E-state index contributed by atoms with van der Waals surface area (Å²) >= 11 is 0. The SMILES string of the molecule is CCCNCCOc1ccc(S(=O)(=O)NC2CCC2)cc1. The van der Waals surface area contributed by atoms with Gasteiger partial charge in [-0.1, -0.05) is 13.3 Å². The summed E-state index contributed by atoms with van der Waals surface area (Å²) in [5, 5.41) is 3.24. The Morgan fingerprint density at radius 3 is 2.48 bits per heavy atom. The molecule has 0 amide bonds. The summed E-state index contributed by atoms with van der Waals surface area (Å²) in [5.74, 6) is 0.691. The third kappa shape index (κ3) is 4.98. The fourth-order valence-corrected chi connectivity index (χ4v) is 3.38. The lowest BCUT2D eigenvalue weighted by Gasteiger charge is -2.26. The monoisotopic (exact) mass is 312 g/mol. The van der Waals surface area contributed by atoms with Gasteiger partial charge in [0.1, 0.15) is 12.4 Å². The maximum absolute atomic E-state index is 12.1. The van der Waals surface area contributed by atoms with E-state index in [2.05, 4.69) is 17.0 Å². The fourth-order valence-electron chi connectivity index (χ4n) is 2.07. The molecule has 1 aromatic rings. The third-order valence-corrected chi connectivity index (χ3v) is 5.07. The Morgan fingerprint density at radius 2 is 1.90 bits per heavy atom. The zero-order valence-corrected chi connectivity index (χ0v) is 13.3. The summed E-state index contributed by atoms with van der Waals surface area (Å²) in [5.41, 5.74) is 0. The average Bonchev–Trinajstić information content (AvgIpc) is 2.43. The van der Waals surface area contributed by atoms with Gasteiger partial charge in [-0.05, 0) is 50.1 Å². The Bertz CT molecular complexity index is 524. The molecule has 5 nitrogen and oxygen atoms in total. The molecule has 1 aromatic carbocycles. The van der Waals surface area contributed by atoms with E-state index in [9.17, 15) is 8.42 Å². The van der Waals surface area contributed by atoms with E-state index in [1.807, 2.05) is 0 Å². The molecule has 2 N–H and O–H groups in total. The minimum absolute atomic E-state index is 0.107. The molecule has 0 unspecified atom stereocenters. The standard InChI is InChI=1S/C15H24N2O3S/c1-2-10-16-11-12-20-14-6-8-15(9-7-14)21(18,19)17-13-4-3-5-13/h6-9,13,16-17H,2-5,10-12H2,1H3. The van der Waals surface area contributed by atoms with Gasteiger partial charge in [-0.3, -0.25) is 0 Å². The maximum atomic E-state index is 12.1. The van der Waals surface area contributed by atoms with Crippen molar-refractivity contribution < 1.29 is 13.2 Å². The summed E-state index contributed by atoms with van der Waals surface area (Å²) in [6.45, 7) is 4.46. The molecular weight excluding hydrogens is 288 g/mol. The summed E-state index contributed by atoms with van der Waals surface area (Å²) < 4.78 is 32.5. The highest BCUT2D eigenvalue weighted by Gasteiger charge is 2.24. The summed E-state index contributed by atoms with van der Waals surface area (Å²) in [6.07, 6.45) is 4.07. The highest BCUT2D eigenvalue weighted by atomic mass is 32.2. The Balaban J connectivity index is 1.83. The highest BCUT2D eigenvalue weighted by molar-refractivity contribution is 7.89. The molecule has 21 heavy (non-hydrogen) atoms. The molecule has 1 fully saturated rings. The van der Waals surface area contributed by atoms with Crippen LogP contribution in [-0.2, 0) is 10.0 Å². The van der Waals surface area contributed by atoms with Gasteiger partial charge in [0.05, 0.1) is 4.90 Å². The van der Waals surface area contributed by atoms with Crippen LogP contribution in [0.25, 0.3) is 0 Å². The number of ether oxygens (including phenoxy) is 1. The van der Waals surface area contributed by atoms with E-state index in [1.165, 1.54) is 0 Å². The molecule has 0 spiro atoms. The van der Waals surface area contributed by atoms with Crippen molar-refractivity contribution in [3.05, 3.63) is 24.3 Å². The van der Waals surface area contributed by atoms with Gasteiger partial charge in [0.2, 0.25) is 10.0 Å². The van der Waals surface area contributed by atoms with Gasteiger partial charge < -0.3 is 10.1 Å². The molecule has 2 rings (SSSR count). The molecule has 1 saturated carbocycles. The molecule has 0 radical (unpaired) electrons. The van der Waals surface area contributed by atoms with Crippen LogP contribution in [0.1, 0.15) is 32.6 Å². The Labute approximate surface area is 127 Å². The molecule has 6 heteroatoms. The van der Waals surface area contributed by atoms with Gasteiger partial charge in [-0.15, -0.1) is 0 Å². The van der Waals surface area contributed by atoms with Crippen LogP contribution in [0.5, 0.6) is 5.75 Å². The van der Waals surface area contributed by atoms with Crippen LogP contribution in [0.4, 0.5) is 0 Å². The minimum Gasteiger partial charge on any atom is -0.492 e. The molecule has 0 saturated heterocycles. The smallest absolute Gasteiger partial charge is 0.240 e. The van der Waals surface area contributed by atoms with Gasteiger partial charge in [0.15, 0.2) is 0 Å². The van der Waals surface area contributed by atoms with Gasteiger partial charge in [0, 0.05) is 12.6 Å². The first-order chi connectivity index (χ1) is 10.1. The van der Waals surface area contributed by atoms with Gasteiger partial charge in [0.25, 0.3) is 0 Å². The highest BCUT2D eigenvalue weighted by Crippen LogP contribution is 2.22. The quantitative estimate of drug-likeness (QED) is 0.683. The van der Waals surface area contributed by atoms with Crippen molar-refractivity contribution in [3.63, 3.8) is 0 Å². The lowest BCUT2D eigenvalue weighted by Crippen LogP contribution is -2.39. The minimum atomic E-state index is -3.39. The van der Waals surface area contributed by atoms with E-state index in [4.69, 9.17) is 4.74 Å². The number of nitrogens with one attached hydrogen (secondary N) is 2. The van der Waals surface area contributed by atoms with Crippen molar-refractivity contribution >= 4 is 10.0 Å². The lowest BCUT2D eigenvalue weighted by atomic mass is 9.94. The number of hydrogen-bond donors (Lipinski definition) is 2. The third-order valence-electron chi connectivity index (χ3n) is 3.54. The van der Waals surface area contributed by atoms with Crippen molar-refractivity contribution in [3.8, 4) is 5.75 Å². The van der Waals surface area contributed by atoms with E-state index in [-0.39, 0.29) is 6.04 Å². The Hall–Kier alpha value is -1.11. The molecule has 0 aliphatic heterocycles. The molecule has 0 heterocycles. The zero-order chi connectivity index (χ0) is 15.1. The predicted molar refractivity (Wildman–Crippen MR) is 83.1 cm³/mol. The van der Waals surface area contributed by atoms with E-state index in [0.717, 1.165) is 38.8 Å². The van der Waals surface area contributed by atoms with Gasteiger partial charge in [-0.25, -0.2) is 13.1 Å². The van der Waals surface area contributed by atoms with Crippen molar-refractivity contribution in [1.29, 1.82) is 0 Å². The van der Waals surface area contributed by atoms with E-state index in [1.54, 1.807) is 24.3 Å². The molecule has 1 aliphatic carbocycles. The lowest BCUT2D eigenvalue weighted by molar-refractivity contribution is 0.314. The topological polar surface area (TPSA) is 67.4 Å². The predicted octanol–water partition coefficient (Wildman–Crippen LogP) is 1.90.